The van der Waals surface area contributed by atoms with E-state index >= 15 is 0 Å². The van der Waals surface area contributed by atoms with Crippen molar-refractivity contribution < 1.29 is 23.3 Å². The van der Waals surface area contributed by atoms with Gasteiger partial charge in [0.1, 0.15) is 16.5 Å². The van der Waals surface area contributed by atoms with Gasteiger partial charge in [0.25, 0.3) is 11.1 Å². The number of halogens is 1. The van der Waals surface area contributed by atoms with E-state index in [9.17, 15) is 24.1 Å². The van der Waals surface area contributed by atoms with Gasteiger partial charge >= 0.3 is 5.88 Å². The molecule has 0 atom stereocenters. The van der Waals surface area contributed by atoms with Crippen molar-refractivity contribution in [3.8, 4) is 0 Å². The number of thioether (sulfide) groups is 1. The van der Waals surface area contributed by atoms with E-state index in [0.29, 0.717) is 5.56 Å². The van der Waals surface area contributed by atoms with Gasteiger partial charge in [0, 0.05) is 0 Å². The molecule has 2 aromatic rings. The van der Waals surface area contributed by atoms with Crippen molar-refractivity contribution in [1.29, 1.82) is 0 Å². The third-order valence-electron chi connectivity index (χ3n) is 3.43. The lowest BCUT2D eigenvalue weighted by atomic mass is 10.2. The van der Waals surface area contributed by atoms with E-state index in [4.69, 9.17) is 4.42 Å². The summed E-state index contributed by atoms with van der Waals surface area (Å²) in [7, 11) is 0. The molecule has 3 rings (SSSR count). The van der Waals surface area contributed by atoms with Gasteiger partial charge < -0.3 is 4.42 Å². The second-order valence-electron chi connectivity index (χ2n) is 5.21. The summed E-state index contributed by atoms with van der Waals surface area (Å²) in [6, 6.07) is 8.17. The minimum atomic E-state index is -0.655. The van der Waals surface area contributed by atoms with E-state index in [1.165, 1.54) is 54.6 Å². The molecule has 1 aromatic carbocycles. The van der Waals surface area contributed by atoms with Gasteiger partial charge in [0.05, 0.1) is 17.5 Å². The minimum Gasteiger partial charge on any atom is -0.401 e. The fourth-order valence-electron chi connectivity index (χ4n) is 2.18. The fraction of sp³-hybridized carbons (Fsp3) is 0.0588. The van der Waals surface area contributed by atoms with E-state index in [0.717, 1.165) is 16.7 Å². The highest BCUT2D eigenvalue weighted by Crippen LogP contribution is 2.32. The third-order valence-corrected chi connectivity index (χ3v) is 4.35. The lowest BCUT2D eigenvalue weighted by Crippen LogP contribution is -2.27. The number of benzene rings is 1. The van der Waals surface area contributed by atoms with Crippen LogP contribution in [0.2, 0.25) is 0 Å². The first-order chi connectivity index (χ1) is 12.4. The van der Waals surface area contributed by atoms with Crippen LogP contribution in [0.3, 0.4) is 0 Å². The predicted molar refractivity (Wildman–Crippen MR) is 92.4 cm³/mol. The van der Waals surface area contributed by atoms with Gasteiger partial charge in [-0.25, -0.2) is 4.39 Å². The van der Waals surface area contributed by atoms with Gasteiger partial charge in [-0.05, 0) is 47.7 Å². The summed E-state index contributed by atoms with van der Waals surface area (Å²) in [4.78, 5) is 35.5. The molecule has 0 unspecified atom stereocenters. The number of imide groups is 1. The van der Waals surface area contributed by atoms with Crippen molar-refractivity contribution in [2.24, 2.45) is 0 Å². The normalized spacial score (nSPS) is 16.2. The molecule has 0 N–H and O–H groups in total. The summed E-state index contributed by atoms with van der Waals surface area (Å²) in [5.41, 5.74) is 0.633. The van der Waals surface area contributed by atoms with Crippen LogP contribution in [0.15, 0.2) is 57.9 Å². The number of allylic oxidation sites excluding steroid dienone is 2. The van der Waals surface area contributed by atoms with Crippen molar-refractivity contribution in [2.75, 3.05) is 0 Å². The van der Waals surface area contributed by atoms with Gasteiger partial charge in [-0.15, -0.1) is 0 Å². The zero-order valence-electron chi connectivity index (χ0n) is 13.1. The van der Waals surface area contributed by atoms with Crippen molar-refractivity contribution in [2.45, 2.75) is 6.54 Å². The maximum absolute atomic E-state index is 12.9. The van der Waals surface area contributed by atoms with E-state index in [2.05, 4.69) is 0 Å². The zero-order chi connectivity index (χ0) is 18.7. The van der Waals surface area contributed by atoms with Crippen LogP contribution in [-0.2, 0) is 11.3 Å². The Balaban J connectivity index is 1.69. The first-order valence-electron chi connectivity index (χ1n) is 7.35. The molecule has 1 aliphatic heterocycles. The minimum absolute atomic E-state index is 0.0520. The summed E-state index contributed by atoms with van der Waals surface area (Å²) in [5, 5.41) is 10.1. The van der Waals surface area contributed by atoms with E-state index in [1.807, 2.05) is 0 Å². The molecule has 1 aliphatic rings. The van der Waals surface area contributed by atoms with E-state index in [1.54, 1.807) is 0 Å². The second kappa shape index (κ2) is 7.36. The second-order valence-corrected chi connectivity index (χ2v) is 6.20. The van der Waals surface area contributed by atoms with Gasteiger partial charge in [-0.3, -0.25) is 24.6 Å². The molecule has 0 bridgehead atoms. The van der Waals surface area contributed by atoms with Crippen molar-refractivity contribution in [3.05, 3.63) is 80.7 Å². The molecule has 0 aliphatic carbocycles. The Bertz CT molecular complexity index is 933. The Morgan fingerprint density at radius 1 is 1.19 bits per heavy atom. The molecule has 0 saturated carbocycles. The average molecular weight is 374 g/mol. The summed E-state index contributed by atoms with van der Waals surface area (Å²) in [6.07, 6.45) is 4.35. The lowest BCUT2D eigenvalue weighted by molar-refractivity contribution is -0.402. The van der Waals surface area contributed by atoms with Crippen LogP contribution in [0.4, 0.5) is 15.1 Å². The largest absolute Gasteiger partial charge is 0.433 e. The molecular weight excluding hydrogens is 363 g/mol. The summed E-state index contributed by atoms with van der Waals surface area (Å²) in [6.45, 7) is 0.0520. The number of nitrogens with zero attached hydrogens (tertiary/aromatic N) is 2. The Morgan fingerprint density at radius 3 is 2.58 bits per heavy atom. The quantitative estimate of drug-likeness (QED) is 0.444. The maximum atomic E-state index is 12.9. The van der Waals surface area contributed by atoms with Crippen LogP contribution in [-0.4, -0.2) is 21.0 Å². The van der Waals surface area contributed by atoms with Crippen LogP contribution in [0.25, 0.3) is 6.08 Å². The number of rotatable bonds is 5. The molecule has 1 saturated heterocycles. The molecule has 26 heavy (non-hydrogen) atoms. The highest BCUT2D eigenvalue weighted by molar-refractivity contribution is 8.18. The van der Waals surface area contributed by atoms with Crippen molar-refractivity contribution in [1.82, 2.24) is 4.90 Å². The molecule has 0 radical (unpaired) electrons. The summed E-state index contributed by atoms with van der Waals surface area (Å²) >= 11 is 0.784. The van der Waals surface area contributed by atoms with Gasteiger partial charge in [0.2, 0.25) is 0 Å². The van der Waals surface area contributed by atoms with Crippen LogP contribution in [0, 0.1) is 15.9 Å². The molecule has 2 heterocycles. The topological polar surface area (TPSA) is 93.7 Å². The summed E-state index contributed by atoms with van der Waals surface area (Å²) < 4.78 is 17.9. The Hall–Kier alpha value is -3.20. The molecule has 9 heteroatoms. The Morgan fingerprint density at radius 2 is 1.92 bits per heavy atom. The average Bonchev–Trinajstić information content (AvgIpc) is 3.18. The molecule has 1 fully saturated rings. The van der Waals surface area contributed by atoms with Crippen LogP contribution < -0.4 is 0 Å². The van der Waals surface area contributed by atoms with Gasteiger partial charge in [0.15, 0.2) is 0 Å². The Labute approximate surface area is 150 Å². The Kier molecular flexibility index (Phi) is 4.99. The number of carbonyl (C=O) groups is 2. The molecule has 0 spiro atoms. The van der Waals surface area contributed by atoms with Crippen molar-refractivity contribution in [3.63, 3.8) is 0 Å². The third kappa shape index (κ3) is 3.89. The van der Waals surface area contributed by atoms with Crippen LogP contribution >= 0.6 is 11.8 Å². The zero-order valence-corrected chi connectivity index (χ0v) is 13.9. The smallest absolute Gasteiger partial charge is 0.401 e. The van der Waals surface area contributed by atoms with E-state index in [-0.39, 0.29) is 23.1 Å². The molecule has 1 aromatic heterocycles. The van der Waals surface area contributed by atoms with Crippen LogP contribution in [0.5, 0.6) is 0 Å². The van der Waals surface area contributed by atoms with E-state index < -0.39 is 21.9 Å². The highest BCUT2D eigenvalue weighted by Gasteiger charge is 2.34. The number of carbonyl (C=O) groups excluding carboxylic acids is 2. The van der Waals surface area contributed by atoms with Gasteiger partial charge in [-0.1, -0.05) is 18.2 Å². The highest BCUT2D eigenvalue weighted by atomic mass is 32.2. The molecule has 7 nitrogen and oxygen atoms in total. The number of hydrogen-bond donors (Lipinski definition) is 0. The first-order valence-corrected chi connectivity index (χ1v) is 8.16. The number of amides is 2. The molecule has 132 valence electrons. The number of nitro groups is 1. The van der Waals surface area contributed by atoms with Crippen molar-refractivity contribution >= 4 is 34.9 Å². The molecular formula is C17H11FN2O5S. The number of furan rings is 1. The van der Waals surface area contributed by atoms with Gasteiger partial charge in [-0.2, -0.15) is 0 Å². The monoisotopic (exact) mass is 374 g/mol. The first kappa shape index (κ1) is 17.6. The maximum Gasteiger partial charge on any atom is 0.433 e. The lowest BCUT2D eigenvalue weighted by Gasteiger charge is -2.12. The molecule has 2 amide bonds. The fourth-order valence-corrected chi connectivity index (χ4v) is 2.97. The predicted octanol–water partition coefficient (Wildman–Crippen LogP) is 4.12. The standard InChI is InChI=1S/C17H11FN2O5S/c18-12-6-4-11(5-7-12)10-19-16(21)14(26-17(19)22)3-1-2-13-8-9-15(25-13)20(23)24/h1-9H,10H2/b2-1+,14-3-. The van der Waals surface area contributed by atoms with Crippen LogP contribution in [0.1, 0.15) is 11.3 Å². The number of hydrogen-bond acceptors (Lipinski definition) is 6. The SMILES string of the molecule is O=C1S/C(=C\C=C\c2ccc([N+](=O)[O-])o2)C(=O)N1Cc1ccc(F)cc1. The summed E-state index contributed by atoms with van der Waals surface area (Å²) in [5.74, 6) is -0.992.